The molecule has 3 heterocycles. The number of hydrogen-bond acceptors (Lipinski definition) is 5. The van der Waals surface area contributed by atoms with Gasteiger partial charge in [-0.15, -0.1) is 0 Å². The van der Waals surface area contributed by atoms with Gasteiger partial charge < -0.3 is 10.1 Å². The van der Waals surface area contributed by atoms with Crippen LogP contribution in [0.2, 0.25) is 0 Å². The third-order valence-electron chi connectivity index (χ3n) is 3.91. The number of aliphatic hydroxyl groups excluding tert-OH is 1. The molecule has 0 aromatic carbocycles. The predicted molar refractivity (Wildman–Crippen MR) is 79.7 cm³/mol. The largest absolute Gasteiger partial charge is 0.396 e. The van der Waals surface area contributed by atoms with Crippen molar-refractivity contribution >= 4 is 21.4 Å². The minimum atomic E-state index is -3.58. The van der Waals surface area contributed by atoms with Crippen LogP contribution in [0, 0.1) is 12.8 Å². The summed E-state index contributed by atoms with van der Waals surface area (Å²) in [5.74, 6) is 0.541. The zero-order valence-electron chi connectivity index (χ0n) is 11.6. The Morgan fingerprint density at radius 3 is 2.90 bits per heavy atom. The molecule has 0 radical (unpaired) electrons. The number of imidazole rings is 1. The van der Waals surface area contributed by atoms with E-state index in [1.165, 1.54) is 10.5 Å². The van der Waals surface area contributed by atoms with Gasteiger partial charge in [-0.25, -0.2) is 13.4 Å². The van der Waals surface area contributed by atoms with E-state index in [1.54, 1.807) is 18.3 Å². The van der Waals surface area contributed by atoms with Crippen molar-refractivity contribution in [1.29, 1.82) is 0 Å². The average Bonchev–Trinajstić information content (AvgIpc) is 3.17. The molecule has 0 amide bonds. The molecule has 3 rings (SSSR count). The second-order valence-electron chi connectivity index (χ2n) is 5.26. The van der Waals surface area contributed by atoms with E-state index in [9.17, 15) is 13.5 Å². The topological polar surface area (TPSA) is 86.3 Å². The number of nitrogens with zero attached hydrogens (tertiary/aromatic N) is 2. The van der Waals surface area contributed by atoms with Crippen LogP contribution in [-0.2, 0) is 10.0 Å². The maximum Gasteiger partial charge on any atom is 0.260 e. The first-order valence-corrected chi connectivity index (χ1v) is 9.05. The Kier molecular flexibility index (Phi) is 3.87. The van der Waals surface area contributed by atoms with Crippen molar-refractivity contribution in [3.63, 3.8) is 0 Å². The van der Waals surface area contributed by atoms with Crippen LogP contribution in [0.3, 0.4) is 0 Å². The minimum absolute atomic E-state index is 0.0193. The van der Waals surface area contributed by atoms with Gasteiger partial charge in [0.05, 0.1) is 6.20 Å². The van der Waals surface area contributed by atoms with Gasteiger partial charge in [-0.1, -0.05) is 0 Å². The summed E-state index contributed by atoms with van der Waals surface area (Å²) >= 11 is 1.58. The monoisotopic (exact) mass is 327 g/mol. The predicted octanol–water partition coefficient (Wildman–Crippen LogP) is 1.18. The molecule has 2 aromatic rings. The SMILES string of the molecule is Cc1ncc(S(=O)(=O)N2C[C@H](CO)[C@@H](c3ccsc3)C2)[nH]1. The highest BCUT2D eigenvalue weighted by molar-refractivity contribution is 7.89. The molecule has 0 aliphatic carbocycles. The van der Waals surface area contributed by atoms with Crippen LogP contribution in [0.4, 0.5) is 0 Å². The van der Waals surface area contributed by atoms with Crippen LogP contribution < -0.4 is 0 Å². The molecule has 0 bridgehead atoms. The number of rotatable bonds is 4. The Morgan fingerprint density at radius 2 is 2.33 bits per heavy atom. The first kappa shape index (κ1) is 14.7. The van der Waals surface area contributed by atoms with E-state index in [0.717, 1.165) is 5.56 Å². The summed E-state index contributed by atoms with van der Waals surface area (Å²) in [6.45, 7) is 2.42. The van der Waals surface area contributed by atoms with Crippen molar-refractivity contribution in [3.05, 3.63) is 34.4 Å². The summed E-state index contributed by atoms with van der Waals surface area (Å²) in [5.41, 5.74) is 1.09. The fourth-order valence-corrected chi connectivity index (χ4v) is 4.96. The molecule has 0 unspecified atom stereocenters. The van der Waals surface area contributed by atoms with Gasteiger partial charge in [0.25, 0.3) is 10.0 Å². The van der Waals surface area contributed by atoms with Gasteiger partial charge in [-0.05, 0) is 29.3 Å². The molecule has 2 aromatic heterocycles. The van der Waals surface area contributed by atoms with Crippen LogP contribution in [-0.4, -0.2) is 47.5 Å². The first-order valence-electron chi connectivity index (χ1n) is 6.67. The highest BCUT2D eigenvalue weighted by Crippen LogP contribution is 2.35. The molecule has 21 heavy (non-hydrogen) atoms. The number of aryl methyl sites for hydroxylation is 1. The van der Waals surface area contributed by atoms with Crippen molar-refractivity contribution in [3.8, 4) is 0 Å². The molecule has 1 aliphatic heterocycles. The smallest absolute Gasteiger partial charge is 0.260 e. The number of aromatic amines is 1. The Hall–Kier alpha value is -1.22. The lowest BCUT2D eigenvalue weighted by Crippen LogP contribution is -2.29. The van der Waals surface area contributed by atoms with Crippen LogP contribution in [0.25, 0.3) is 0 Å². The second kappa shape index (κ2) is 5.53. The molecular weight excluding hydrogens is 310 g/mol. The lowest BCUT2D eigenvalue weighted by molar-refractivity contribution is 0.223. The molecule has 2 N–H and O–H groups in total. The van der Waals surface area contributed by atoms with Crippen molar-refractivity contribution in [1.82, 2.24) is 14.3 Å². The van der Waals surface area contributed by atoms with Crippen LogP contribution >= 0.6 is 11.3 Å². The lowest BCUT2D eigenvalue weighted by atomic mass is 9.92. The van der Waals surface area contributed by atoms with Crippen LogP contribution in [0.15, 0.2) is 28.0 Å². The van der Waals surface area contributed by atoms with Crippen molar-refractivity contribution in [2.45, 2.75) is 17.9 Å². The highest BCUT2D eigenvalue weighted by Gasteiger charge is 2.40. The molecule has 1 saturated heterocycles. The summed E-state index contributed by atoms with van der Waals surface area (Å²) in [4.78, 5) is 6.73. The molecule has 1 fully saturated rings. The highest BCUT2D eigenvalue weighted by atomic mass is 32.2. The summed E-state index contributed by atoms with van der Waals surface area (Å²) in [6, 6.07) is 1.99. The molecule has 114 valence electrons. The second-order valence-corrected chi connectivity index (χ2v) is 7.95. The number of aromatic nitrogens is 2. The Morgan fingerprint density at radius 1 is 1.52 bits per heavy atom. The lowest BCUT2D eigenvalue weighted by Gasteiger charge is -2.14. The fraction of sp³-hybridized carbons (Fsp3) is 0.462. The number of aliphatic hydroxyl groups is 1. The molecule has 0 spiro atoms. The first-order chi connectivity index (χ1) is 10.0. The molecular formula is C13H17N3O3S2. The van der Waals surface area contributed by atoms with E-state index in [-0.39, 0.29) is 23.5 Å². The summed E-state index contributed by atoms with van der Waals surface area (Å²) in [7, 11) is -3.58. The summed E-state index contributed by atoms with van der Waals surface area (Å²) in [6.07, 6.45) is 1.34. The van der Waals surface area contributed by atoms with E-state index >= 15 is 0 Å². The van der Waals surface area contributed by atoms with Gasteiger partial charge in [0.2, 0.25) is 0 Å². The third-order valence-corrected chi connectivity index (χ3v) is 6.35. The van der Waals surface area contributed by atoms with Gasteiger partial charge >= 0.3 is 0 Å². The van der Waals surface area contributed by atoms with Crippen molar-refractivity contribution < 1.29 is 13.5 Å². The molecule has 6 nitrogen and oxygen atoms in total. The van der Waals surface area contributed by atoms with E-state index in [2.05, 4.69) is 9.97 Å². The molecule has 8 heteroatoms. The normalized spacial score (nSPS) is 23.7. The molecule has 0 saturated carbocycles. The van der Waals surface area contributed by atoms with Gasteiger partial charge in [0.15, 0.2) is 5.03 Å². The van der Waals surface area contributed by atoms with E-state index < -0.39 is 10.0 Å². The quantitative estimate of drug-likeness (QED) is 0.883. The summed E-state index contributed by atoms with van der Waals surface area (Å²) < 4.78 is 26.6. The zero-order valence-corrected chi connectivity index (χ0v) is 13.2. The van der Waals surface area contributed by atoms with Crippen LogP contribution in [0.5, 0.6) is 0 Å². The molecule has 2 atom stereocenters. The standard InChI is InChI=1S/C13H17N3O3S2/c1-9-14-4-13(15-9)21(18,19)16-5-11(7-17)12(6-16)10-2-3-20-8-10/h2-4,8,11-12,17H,5-7H2,1H3,(H,14,15)/t11-,12-/m1/s1. The Bertz CT molecular complexity index is 709. The maximum absolute atomic E-state index is 12.6. The minimum Gasteiger partial charge on any atom is -0.396 e. The third kappa shape index (κ3) is 2.64. The number of thiophene rings is 1. The maximum atomic E-state index is 12.6. The average molecular weight is 327 g/mol. The van der Waals surface area contributed by atoms with E-state index in [0.29, 0.717) is 18.9 Å². The van der Waals surface area contributed by atoms with Gasteiger partial charge in [-0.2, -0.15) is 15.6 Å². The van der Waals surface area contributed by atoms with Gasteiger partial charge in [-0.3, -0.25) is 0 Å². The number of hydrogen-bond donors (Lipinski definition) is 2. The Balaban J connectivity index is 1.88. The van der Waals surface area contributed by atoms with Crippen molar-refractivity contribution in [2.24, 2.45) is 5.92 Å². The van der Waals surface area contributed by atoms with Gasteiger partial charge in [0, 0.05) is 31.5 Å². The Labute approximate surface area is 127 Å². The number of H-pyrrole nitrogens is 1. The van der Waals surface area contributed by atoms with E-state index in [1.807, 2.05) is 16.8 Å². The number of nitrogens with one attached hydrogen (secondary N) is 1. The zero-order chi connectivity index (χ0) is 15.0. The summed E-state index contributed by atoms with van der Waals surface area (Å²) in [5, 5.41) is 13.7. The van der Waals surface area contributed by atoms with E-state index in [4.69, 9.17) is 0 Å². The molecule has 1 aliphatic rings. The fourth-order valence-electron chi connectivity index (χ4n) is 2.75. The van der Waals surface area contributed by atoms with Crippen molar-refractivity contribution in [2.75, 3.05) is 19.7 Å². The van der Waals surface area contributed by atoms with Crippen LogP contribution in [0.1, 0.15) is 17.3 Å². The van der Waals surface area contributed by atoms with Gasteiger partial charge in [0.1, 0.15) is 5.82 Å². The number of sulfonamides is 1.